The largest absolute Gasteiger partial charge is 0.494 e. The van der Waals surface area contributed by atoms with Crippen LogP contribution in [0.5, 0.6) is 5.75 Å². The van der Waals surface area contributed by atoms with Crippen LogP contribution in [-0.2, 0) is 14.8 Å². The second-order valence-corrected chi connectivity index (χ2v) is 7.35. The Morgan fingerprint density at radius 1 is 1.43 bits per heavy atom. The number of carboxylic acid groups (broad SMARTS) is 1. The van der Waals surface area contributed by atoms with Crippen LogP contribution >= 0.6 is 0 Å². The van der Waals surface area contributed by atoms with Gasteiger partial charge < -0.3 is 15.0 Å². The van der Waals surface area contributed by atoms with E-state index in [9.17, 15) is 18.3 Å². The first kappa shape index (κ1) is 16.2. The maximum atomic E-state index is 12.7. The van der Waals surface area contributed by atoms with E-state index >= 15 is 0 Å². The van der Waals surface area contributed by atoms with Gasteiger partial charge in [-0.2, -0.15) is 4.31 Å². The molecule has 8 heteroatoms. The Labute approximate surface area is 137 Å². The van der Waals surface area contributed by atoms with Crippen LogP contribution in [0.25, 0.3) is 0 Å². The summed E-state index contributed by atoms with van der Waals surface area (Å²) < 4.78 is 38.6. The van der Waals surface area contributed by atoms with Crippen LogP contribution < -0.4 is 4.74 Å². The first-order valence-corrected chi connectivity index (χ1v) is 8.93. The van der Waals surface area contributed by atoms with Crippen LogP contribution in [-0.4, -0.2) is 55.6 Å². The summed E-state index contributed by atoms with van der Waals surface area (Å²) in [5.41, 5.74) is 0. The highest BCUT2D eigenvalue weighted by Crippen LogP contribution is 2.27. The van der Waals surface area contributed by atoms with Crippen molar-refractivity contribution in [3.8, 4) is 5.75 Å². The molecule has 0 radical (unpaired) electrons. The molecule has 1 aromatic carbocycles. The lowest BCUT2D eigenvalue weighted by Crippen LogP contribution is -2.40. The smallest absolute Gasteiger partial charge is 0.322 e. The van der Waals surface area contributed by atoms with Crippen molar-refractivity contribution < 1.29 is 28.2 Å². The summed E-state index contributed by atoms with van der Waals surface area (Å²) in [6.45, 7) is 2.44. The molecule has 1 aliphatic heterocycles. The van der Waals surface area contributed by atoms with Crippen molar-refractivity contribution in [3.05, 3.63) is 24.3 Å². The first-order chi connectivity index (χ1) is 11.4. The minimum absolute atomic E-state index is 0.0118. The molecule has 2 atom stereocenters. The monoisotopic (exact) mass is 344 g/mol. The van der Waals surface area contributed by atoms with Gasteiger partial charge in [0.25, 0.3) is 0 Å². The Bertz CT molecular complexity index is 663. The Morgan fingerprint density at radius 2 is 2.13 bits per heavy atom. The molecule has 1 heterocycles. The Hall–Kier alpha value is -1.64. The normalized spacial score (nSPS) is 22.7. The van der Waals surface area contributed by atoms with Crippen molar-refractivity contribution in [2.24, 2.45) is 0 Å². The Balaban J connectivity index is 2.18. The number of β-amino-alcohol motifs (C(OH)–C–C–N with tert-alkyl or cyclic N) is 1. The molecule has 1 aromatic rings. The summed E-state index contributed by atoms with van der Waals surface area (Å²) in [5, 5.41) is 13.6. The number of hydrogen-bond donors (Lipinski definition) is 2. The number of rotatable bonds is 8. The number of nitrogens with zero attached hydrogens (tertiary/aromatic N) is 1. The van der Waals surface area contributed by atoms with Crippen LogP contribution in [0.4, 0.5) is 0 Å². The molecule has 0 amide bonds. The molecule has 128 valence electrons. The van der Waals surface area contributed by atoms with Gasteiger partial charge in [-0.3, -0.25) is 4.79 Å². The summed E-state index contributed by atoms with van der Waals surface area (Å²) in [5.74, 6) is -0.691. The minimum Gasteiger partial charge on any atom is -0.494 e. The van der Waals surface area contributed by atoms with Crippen molar-refractivity contribution in [1.82, 2.24) is 4.31 Å². The molecule has 0 unspecified atom stereocenters. The van der Waals surface area contributed by atoms with Crippen LogP contribution in [0.1, 0.15) is 26.2 Å². The topological polar surface area (TPSA) is 104 Å². The number of carbonyl (C=O) groups is 1. The highest BCUT2D eigenvalue weighted by Gasteiger charge is 2.43. The maximum absolute atomic E-state index is 12.7. The summed E-state index contributed by atoms with van der Waals surface area (Å²) in [6, 6.07) is 4.65. The second kappa shape index (κ2) is 7.29. The van der Waals surface area contributed by atoms with Gasteiger partial charge in [0.15, 0.2) is 0 Å². The maximum Gasteiger partial charge on any atom is 0.322 e. The average molecular weight is 344 g/mol. The number of carboxylic acids is 1. The average Bonchev–Trinajstić information content (AvgIpc) is 3.01. The van der Waals surface area contributed by atoms with Gasteiger partial charge in [-0.1, -0.05) is 13.3 Å². The Kier molecular flexibility index (Phi) is 5.14. The summed E-state index contributed by atoms with van der Waals surface area (Å²) in [7, 11) is -3.98. The second-order valence-electron chi connectivity index (χ2n) is 5.46. The van der Waals surface area contributed by atoms with Crippen molar-refractivity contribution in [3.63, 3.8) is 0 Å². The molecule has 0 saturated carbocycles. The van der Waals surface area contributed by atoms with E-state index in [1.807, 2.05) is 6.92 Å². The minimum atomic E-state index is -3.98. The predicted octanol–water partition coefficient (Wildman–Crippen LogP) is 1.07. The van der Waals surface area contributed by atoms with E-state index in [0.717, 1.165) is 17.1 Å². The molecule has 2 rings (SSSR count). The summed E-state index contributed by atoms with van der Waals surface area (Å²) in [4.78, 5) is 11.3. The fourth-order valence-electron chi connectivity index (χ4n) is 2.44. The lowest BCUT2D eigenvalue weighted by Gasteiger charge is -2.20. The number of unbranched alkanes of at least 4 members (excludes halogenated alkanes) is 1. The number of aliphatic hydroxyl groups excluding tert-OH is 1. The fraction of sp³-hybridized carbons (Fsp3) is 0.533. The Morgan fingerprint density at radius 3 is 2.70 bits per heavy atom. The van der Waals surface area contributed by atoms with Gasteiger partial charge in [0, 0.05) is 13.0 Å². The van der Waals surface area contributed by atoms with Crippen LogP contribution in [0.3, 0.4) is 0 Å². The molecule has 1 fully saturated rings. The lowest BCUT2D eigenvalue weighted by atomic mass is 10.2. The molecule has 1 aliphatic rings. The van der Waals surface area contributed by atoms with Crippen molar-refractivity contribution in [2.75, 3.05) is 13.2 Å². The number of sulfonamides is 1. The van der Waals surface area contributed by atoms with Gasteiger partial charge in [-0.05, 0) is 30.7 Å². The van der Waals surface area contributed by atoms with Gasteiger partial charge in [0.1, 0.15) is 11.8 Å². The van der Waals surface area contributed by atoms with Gasteiger partial charge in [-0.15, -0.1) is 0 Å². The van der Waals surface area contributed by atoms with Crippen molar-refractivity contribution >= 4 is 16.0 Å². The molecule has 7 nitrogen and oxygen atoms in total. The molecule has 0 bridgehead atoms. The number of aliphatic carboxylic acids is 1. The molecule has 23 heavy (non-hydrogen) atoms. The van der Waals surface area contributed by atoms with Gasteiger partial charge in [0.2, 0.25) is 11.5 Å². The number of ether oxygens (including phenoxy) is 1. The first-order valence-electron chi connectivity index (χ1n) is 7.90. The number of aliphatic hydroxyl groups is 1. The summed E-state index contributed by atoms with van der Waals surface area (Å²) in [6.07, 6.45) is 1.10. The van der Waals surface area contributed by atoms with Gasteiger partial charge in [0.05, 0.1) is 17.6 Å². The fourth-order valence-corrected chi connectivity index (χ4v) is 4.06. The van der Waals surface area contributed by atoms with Gasteiger partial charge >= 0.3 is 5.97 Å². The van der Waals surface area contributed by atoms with E-state index in [-0.39, 0.29) is 17.9 Å². The number of hydrogen-bond acceptors (Lipinski definition) is 5. The van der Waals surface area contributed by atoms with E-state index < -0.39 is 28.1 Å². The highest BCUT2D eigenvalue weighted by molar-refractivity contribution is 7.89. The van der Waals surface area contributed by atoms with E-state index in [1.54, 1.807) is 12.1 Å². The summed E-state index contributed by atoms with van der Waals surface area (Å²) >= 11 is 0. The quantitative estimate of drug-likeness (QED) is 0.684. The third-order valence-corrected chi connectivity index (χ3v) is 5.59. The number of benzene rings is 1. The molecule has 0 spiro atoms. The molecule has 0 aromatic heterocycles. The van der Waals surface area contributed by atoms with Crippen LogP contribution in [0.2, 0.25) is 0 Å². The van der Waals surface area contributed by atoms with Crippen LogP contribution in [0.15, 0.2) is 29.2 Å². The zero-order valence-corrected chi connectivity index (χ0v) is 13.7. The van der Waals surface area contributed by atoms with E-state index in [1.165, 1.54) is 12.1 Å². The standard InChI is InChI=1S/C15H21NO6S/c1-2-3-8-22-12-4-6-13(7-5-12)23(20,21)16-10-11(17)9-14(16)15(18)19/h4-7,11,14,17H,2-3,8-10H2,1H3,(H,18,19)/t11-,14-/m0/s1/i17D. The zero-order chi connectivity index (χ0) is 17.7. The molecule has 0 aliphatic carbocycles. The molecule has 1 saturated heterocycles. The zero-order valence-electron chi connectivity index (χ0n) is 13.8. The lowest BCUT2D eigenvalue weighted by molar-refractivity contribution is -0.140. The van der Waals surface area contributed by atoms with Crippen molar-refractivity contribution in [1.29, 1.82) is 1.43 Å². The third-order valence-electron chi connectivity index (χ3n) is 3.70. The van der Waals surface area contributed by atoms with Crippen LogP contribution in [0, 0.1) is 0 Å². The van der Waals surface area contributed by atoms with E-state index in [4.69, 9.17) is 6.17 Å². The van der Waals surface area contributed by atoms with E-state index in [0.29, 0.717) is 12.4 Å². The third kappa shape index (κ3) is 4.01. The van der Waals surface area contributed by atoms with E-state index in [2.05, 4.69) is 5.11 Å². The molecular weight excluding hydrogens is 322 g/mol. The molecular formula is C15H21NO6S. The molecule has 2 N–H and O–H groups in total. The van der Waals surface area contributed by atoms with Crippen molar-refractivity contribution in [2.45, 2.75) is 43.2 Å². The van der Waals surface area contributed by atoms with Gasteiger partial charge in [-0.25, -0.2) is 8.42 Å². The predicted molar refractivity (Wildman–Crippen MR) is 82.8 cm³/mol. The SMILES string of the molecule is [2H]O[C@H]1C[C@@H](C(=O)O)N(S(=O)(=O)c2ccc(OCCCC)cc2)C1. The highest BCUT2D eigenvalue weighted by atomic mass is 32.2.